The normalized spacial score (nSPS) is 15.2. The fourth-order valence-electron chi connectivity index (χ4n) is 2.10. The summed E-state index contributed by atoms with van der Waals surface area (Å²) in [6.07, 6.45) is 1.46. The second kappa shape index (κ2) is 5.83. The standard InChI is InChI=1S/C14H15FN4O/c15-11-2-1-3-12(8-11)20-14-9-13(17-10-18-14)19-6-4-16-5-7-19/h1-3,8-10,16H,4-7H2. The number of hydrogen-bond acceptors (Lipinski definition) is 5. The van der Waals surface area contributed by atoms with Crippen LogP contribution in [-0.2, 0) is 0 Å². The van der Waals surface area contributed by atoms with Gasteiger partial charge in [0.25, 0.3) is 0 Å². The van der Waals surface area contributed by atoms with E-state index in [9.17, 15) is 4.39 Å². The lowest BCUT2D eigenvalue weighted by Crippen LogP contribution is -2.43. The van der Waals surface area contributed by atoms with Crippen molar-refractivity contribution in [2.24, 2.45) is 0 Å². The second-order valence-electron chi connectivity index (χ2n) is 4.51. The van der Waals surface area contributed by atoms with Crippen LogP contribution in [0.4, 0.5) is 10.2 Å². The molecular formula is C14H15FN4O. The lowest BCUT2D eigenvalue weighted by atomic mass is 10.3. The van der Waals surface area contributed by atoms with Crippen molar-refractivity contribution >= 4 is 5.82 Å². The van der Waals surface area contributed by atoms with E-state index >= 15 is 0 Å². The topological polar surface area (TPSA) is 50.3 Å². The third kappa shape index (κ3) is 3.03. The second-order valence-corrected chi connectivity index (χ2v) is 4.51. The molecule has 0 atom stereocenters. The van der Waals surface area contributed by atoms with E-state index in [0.717, 1.165) is 32.0 Å². The van der Waals surface area contributed by atoms with Crippen LogP contribution in [0.3, 0.4) is 0 Å². The molecule has 0 saturated carbocycles. The average molecular weight is 274 g/mol. The third-order valence-electron chi connectivity index (χ3n) is 3.09. The molecule has 1 saturated heterocycles. The van der Waals surface area contributed by atoms with Gasteiger partial charge in [0.2, 0.25) is 5.88 Å². The Kier molecular flexibility index (Phi) is 3.73. The van der Waals surface area contributed by atoms with E-state index in [1.54, 1.807) is 18.2 Å². The zero-order valence-electron chi connectivity index (χ0n) is 10.9. The molecule has 1 fully saturated rings. The van der Waals surface area contributed by atoms with E-state index in [4.69, 9.17) is 4.74 Å². The first-order valence-electron chi connectivity index (χ1n) is 6.52. The number of piperazine rings is 1. The number of halogens is 1. The maximum atomic E-state index is 13.1. The molecule has 2 aromatic rings. The molecule has 0 unspecified atom stereocenters. The number of aromatic nitrogens is 2. The summed E-state index contributed by atoms with van der Waals surface area (Å²) in [7, 11) is 0. The Morgan fingerprint density at radius 3 is 2.80 bits per heavy atom. The SMILES string of the molecule is Fc1cccc(Oc2cc(N3CCNCC3)ncn2)c1. The quantitative estimate of drug-likeness (QED) is 0.925. The molecule has 6 heteroatoms. The van der Waals surface area contributed by atoms with Gasteiger partial charge >= 0.3 is 0 Å². The van der Waals surface area contributed by atoms with E-state index in [2.05, 4.69) is 20.2 Å². The van der Waals surface area contributed by atoms with Crippen LogP contribution >= 0.6 is 0 Å². The first-order valence-corrected chi connectivity index (χ1v) is 6.52. The van der Waals surface area contributed by atoms with Crippen molar-refractivity contribution < 1.29 is 9.13 Å². The van der Waals surface area contributed by atoms with E-state index in [-0.39, 0.29) is 5.82 Å². The molecule has 5 nitrogen and oxygen atoms in total. The van der Waals surface area contributed by atoms with Gasteiger partial charge in [-0.3, -0.25) is 0 Å². The molecule has 0 bridgehead atoms. The summed E-state index contributed by atoms with van der Waals surface area (Å²) in [5.41, 5.74) is 0. The van der Waals surface area contributed by atoms with Crippen LogP contribution in [0.1, 0.15) is 0 Å². The molecule has 0 aliphatic carbocycles. The van der Waals surface area contributed by atoms with Crippen LogP contribution < -0.4 is 15.0 Å². The molecule has 3 rings (SSSR count). The van der Waals surface area contributed by atoms with Gasteiger partial charge in [-0.1, -0.05) is 6.07 Å². The van der Waals surface area contributed by atoms with Crippen molar-refractivity contribution in [1.29, 1.82) is 0 Å². The van der Waals surface area contributed by atoms with Crippen molar-refractivity contribution in [2.75, 3.05) is 31.1 Å². The number of ether oxygens (including phenoxy) is 1. The highest BCUT2D eigenvalue weighted by molar-refractivity contribution is 5.42. The summed E-state index contributed by atoms with van der Waals surface area (Å²) < 4.78 is 18.7. The predicted molar refractivity (Wildman–Crippen MR) is 73.6 cm³/mol. The Labute approximate surface area is 116 Å². The number of nitrogens with zero attached hydrogens (tertiary/aromatic N) is 3. The smallest absolute Gasteiger partial charge is 0.224 e. The average Bonchev–Trinajstić information content (AvgIpc) is 2.48. The van der Waals surface area contributed by atoms with E-state index < -0.39 is 0 Å². The number of anilines is 1. The first kappa shape index (κ1) is 12.8. The monoisotopic (exact) mass is 274 g/mol. The summed E-state index contributed by atoms with van der Waals surface area (Å²) in [6.45, 7) is 3.67. The minimum Gasteiger partial charge on any atom is -0.439 e. The van der Waals surface area contributed by atoms with Crippen molar-refractivity contribution in [1.82, 2.24) is 15.3 Å². The molecule has 0 spiro atoms. The Balaban J connectivity index is 1.77. The zero-order chi connectivity index (χ0) is 13.8. The molecule has 1 aromatic heterocycles. The lowest BCUT2D eigenvalue weighted by molar-refractivity contribution is 0.456. The number of benzene rings is 1. The molecule has 0 amide bonds. The summed E-state index contributed by atoms with van der Waals surface area (Å²) in [5, 5.41) is 3.29. The van der Waals surface area contributed by atoms with Gasteiger partial charge in [-0.15, -0.1) is 0 Å². The van der Waals surface area contributed by atoms with Crippen LogP contribution in [0, 0.1) is 5.82 Å². The van der Waals surface area contributed by atoms with Crippen LogP contribution in [0.25, 0.3) is 0 Å². The summed E-state index contributed by atoms with van der Waals surface area (Å²) in [4.78, 5) is 10.5. The molecule has 2 heterocycles. The highest BCUT2D eigenvalue weighted by atomic mass is 19.1. The number of rotatable bonds is 3. The molecule has 1 aliphatic heterocycles. The molecule has 0 radical (unpaired) electrons. The van der Waals surface area contributed by atoms with E-state index in [1.165, 1.54) is 18.5 Å². The number of nitrogens with one attached hydrogen (secondary N) is 1. The van der Waals surface area contributed by atoms with Gasteiger partial charge in [-0.2, -0.15) is 0 Å². The van der Waals surface area contributed by atoms with Crippen molar-refractivity contribution in [3.8, 4) is 11.6 Å². The molecular weight excluding hydrogens is 259 g/mol. The van der Waals surface area contributed by atoms with Gasteiger partial charge in [0.15, 0.2) is 0 Å². The van der Waals surface area contributed by atoms with Gasteiger partial charge in [-0.25, -0.2) is 14.4 Å². The Bertz CT molecular complexity index is 587. The van der Waals surface area contributed by atoms with Gasteiger partial charge in [-0.05, 0) is 12.1 Å². The highest BCUT2D eigenvalue weighted by Crippen LogP contribution is 2.22. The van der Waals surface area contributed by atoms with Crippen molar-refractivity contribution in [3.05, 3.63) is 42.5 Å². The van der Waals surface area contributed by atoms with Gasteiger partial charge in [0.05, 0.1) is 0 Å². The van der Waals surface area contributed by atoms with Crippen molar-refractivity contribution in [2.45, 2.75) is 0 Å². The zero-order valence-corrected chi connectivity index (χ0v) is 10.9. The molecule has 104 valence electrons. The van der Waals surface area contributed by atoms with Crippen LogP contribution in [0.2, 0.25) is 0 Å². The van der Waals surface area contributed by atoms with Crippen LogP contribution in [0.5, 0.6) is 11.6 Å². The van der Waals surface area contributed by atoms with Gasteiger partial charge < -0.3 is 15.0 Å². The molecule has 20 heavy (non-hydrogen) atoms. The summed E-state index contributed by atoms with van der Waals surface area (Å²) in [6, 6.07) is 7.76. The van der Waals surface area contributed by atoms with Crippen LogP contribution in [0.15, 0.2) is 36.7 Å². The Hall–Kier alpha value is -2.21. The fraction of sp³-hybridized carbons (Fsp3) is 0.286. The summed E-state index contributed by atoms with van der Waals surface area (Å²) in [5.74, 6) is 1.33. The Morgan fingerprint density at radius 1 is 1.15 bits per heavy atom. The summed E-state index contributed by atoms with van der Waals surface area (Å²) >= 11 is 0. The maximum Gasteiger partial charge on any atom is 0.224 e. The fourth-order valence-corrected chi connectivity index (χ4v) is 2.10. The third-order valence-corrected chi connectivity index (χ3v) is 3.09. The highest BCUT2D eigenvalue weighted by Gasteiger charge is 2.12. The molecule has 1 aromatic carbocycles. The first-order chi connectivity index (χ1) is 9.81. The molecule has 1 N–H and O–H groups in total. The predicted octanol–water partition coefficient (Wildman–Crippen LogP) is 1.82. The lowest BCUT2D eigenvalue weighted by Gasteiger charge is -2.28. The number of hydrogen-bond donors (Lipinski definition) is 1. The minimum absolute atomic E-state index is 0.334. The largest absolute Gasteiger partial charge is 0.439 e. The van der Waals surface area contributed by atoms with Crippen molar-refractivity contribution in [3.63, 3.8) is 0 Å². The Morgan fingerprint density at radius 2 is 2.00 bits per heavy atom. The molecule has 1 aliphatic rings. The van der Waals surface area contributed by atoms with Gasteiger partial charge in [0.1, 0.15) is 23.7 Å². The van der Waals surface area contributed by atoms with E-state index in [1.807, 2.05) is 0 Å². The van der Waals surface area contributed by atoms with E-state index in [0.29, 0.717) is 11.6 Å². The van der Waals surface area contributed by atoms with Gasteiger partial charge in [0, 0.05) is 38.3 Å². The van der Waals surface area contributed by atoms with Crippen LogP contribution in [-0.4, -0.2) is 36.1 Å². The minimum atomic E-state index is -0.334. The maximum absolute atomic E-state index is 13.1.